The second kappa shape index (κ2) is 12.9. The highest BCUT2D eigenvalue weighted by atomic mass is 32.1. The van der Waals surface area contributed by atoms with Crippen LogP contribution in [-0.2, 0) is 6.42 Å². The van der Waals surface area contributed by atoms with Crippen molar-refractivity contribution in [3.63, 3.8) is 0 Å². The van der Waals surface area contributed by atoms with E-state index in [9.17, 15) is 0 Å². The summed E-state index contributed by atoms with van der Waals surface area (Å²) in [5.41, 5.74) is 10.1. The Morgan fingerprint density at radius 2 is 1.14 bits per heavy atom. The number of benzene rings is 7. The number of para-hydroxylation sites is 1. The van der Waals surface area contributed by atoms with Crippen LogP contribution in [0.3, 0.4) is 0 Å². The average Bonchev–Trinajstić information content (AvgIpc) is 3.96. The third-order valence-electron chi connectivity index (χ3n) is 11.3. The van der Waals surface area contributed by atoms with Gasteiger partial charge in [0.1, 0.15) is 0 Å². The molecule has 12 rings (SSSR count). The fraction of sp³-hybridized carbons (Fsp3) is 0.0392. The van der Waals surface area contributed by atoms with Crippen LogP contribution in [0.25, 0.3) is 109 Å². The maximum atomic E-state index is 5.32. The highest BCUT2D eigenvalue weighted by molar-refractivity contribution is 7.26. The van der Waals surface area contributed by atoms with E-state index in [1.54, 1.807) is 0 Å². The van der Waals surface area contributed by atoms with E-state index >= 15 is 0 Å². The van der Waals surface area contributed by atoms with Crippen LogP contribution < -0.4 is 0 Å². The van der Waals surface area contributed by atoms with Crippen molar-refractivity contribution < 1.29 is 0 Å². The first kappa shape index (κ1) is 32.5. The lowest BCUT2D eigenvalue weighted by molar-refractivity contribution is 1.02. The van der Waals surface area contributed by atoms with E-state index < -0.39 is 0 Å². The SMILES string of the molecule is C1=Cc2c(sc3ccc(-c4nc(-c5ccc6c(c5)c5ccccc5n6-c5cccc(-c6ccccc6)c5)nc(-c5cccc6sc7ccccc7c56)n4)cc23)CC1. The molecular weight excluding hydrogens is 733 g/mol. The lowest BCUT2D eigenvalue weighted by Gasteiger charge is -2.11. The molecule has 4 aromatic heterocycles. The highest BCUT2D eigenvalue weighted by Crippen LogP contribution is 2.42. The Balaban J connectivity index is 1.07. The zero-order valence-electron chi connectivity index (χ0n) is 30.7. The van der Waals surface area contributed by atoms with Crippen LogP contribution in [0.15, 0.2) is 164 Å². The van der Waals surface area contributed by atoms with E-state index in [0.29, 0.717) is 17.5 Å². The third-order valence-corrected chi connectivity index (χ3v) is 13.7. The Morgan fingerprint density at radius 3 is 2.04 bits per heavy atom. The predicted octanol–water partition coefficient (Wildman–Crippen LogP) is 14.2. The van der Waals surface area contributed by atoms with Crippen molar-refractivity contribution in [2.24, 2.45) is 0 Å². The van der Waals surface area contributed by atoms with Crippen LogP contribution in [0.1, 0.15) is 16.9 Å². The van der Waals surface area contributed by atoms with Crippen molar-refractivity contribution in [3.8, 4) is 51.0 Å². The van der Waals surface area contributed by atoms with E-state index in [0.717, 1.165) is 51.6 Å². The molecule has 11 aromatic rings. The van der Waals surface area contributed by atoms with Crippen molar-refractivity contribution in [2.45, 2.75) is 12.8 Å². The number of rotatable bonds is 5. The van der Waals surface area contributed by atoms with Gasteiger partial charge in [0.15, 0.2) is 17.5 Å². The molecule has 7 aromatic carbocycles. The Morgan fingerprint density at radius 1 is 0.456 bits per heavy atom. The molecule has 268 valence electrons. The molecule has 0 saturated carbocycles. The van der Waals surface area contributed by atoms with Crippen molar-refractivity contribution in [1.82, 2.24) is 19.5 Å². The fourth-order valence-electron chi connectivity index (χ4n) is 8.65. The molecular formula is C51H32N4S2. The molecule has 0 spiro atoms. The summed E-state index contributed by atoms with van der Waals surface area (Å²) in [5.74, 6) is 2.01. The van der Waals surface area contributed by atoms with Gasteiger partial charge in [-0.1, -0.05) is 103 Å². The zero-order chi connectivity index (χ0) is 37.5. The maximum absolute atomic E-state index is 5.32. The van der Waals surface area contributed by atoms with E-state index in [4.69, 9.17) is 15.0 Å². The van der Waals surface area contributed by atoms with Crippen LogP contribution >= 0.6 is 22.7 Å². The molecule has 0 radical (unpaired) electrons. The summed E-state index contributed by atoms with van der Waals surface area (Å²) in [6.45, 7) is 0. The monoisotopic (exact) mass is 764 g/mol. The van der Waals surface area contributed by atoms with Gasteiger partial charge in [-0.2, -0.15) is 0 Å². The summed E-state index contributed by atoms with van der Waals surface area (Å²) in [4.78, 5) is 17.4. The van der Waals surface area contributed by atoms with Gasteiger partial charge < -0.3 is 4.57 Å². The van der Waals surface area contributed by atoms with Crippen molar-refractivity contribution in [3.05, 3.63) is 174 Å². The largest absolute Gasteiger partial charge is 0.309 e. The third kappa shape index (κ3) is 5.29. The standard InChI is InChI=1S/C51H32N4S2/c1-2-12-31(13-3-1)32-14-10-15-35(28-32)55-42-20-7-4-16-36(42)40-29-33(24-26-43(40)55)49-52-50(34-25-27-46-41(30-34)37-17-5-8-21-44(37)56-46)54-51(53-49)39-19-11-23-47-48(39)38-18-6-9-22-45(38)57-47/h1-7,9-20,22-30H,8,21H2. The molecule has 0 unspecified atom stereocenters. The minimum absolute atomic E-state index is 0.656. The Hall–Kier alpha value is -6.73. The first-order chi connectivity index (χ1) is 28.2. The second-order valence-electron chi connectivity index (χ2n) is 14.7. The lowest BCUT2D eigenvalue weighted by Crippen LogP contribution is -2.00. The van der Waals surface area contributed by atoms with E-state index in [1.165, 1.54) is 57.2 Å². The number of nitrogens with zero attached hydrogens (tertiary/aromatic N) is 4. The zero-order valence-corrected chi connectivity index (χ0v) is 32.3. The molecule has 0 N–H and O–H groups in total. The van der Waals surface area contributed by atoms with E-state index in [-0.39, 0.29) is 0 Å². The number of thiophene rings is 2. The first-order valence-electron chi connectivity index (χ1n) is 19.3. The summed E-state index contributed by atoms with van der Waals surface area (Å²) in [7, 11) is 0. The number of allylic oxidation sites excluding steroid dienone is 1. The number of hydrogen-bond acceptors (Lipinski definition) is 5. The topological polar surface area (TPSA) is 43.6 Å². The number of aromatic nitrogens is 4. The molecule has 0 aliphatic heterocycles. The normalized spacial score (nSPS) is 12.7. The Kier molecular flexibility index (Phi) is 7.37. The molecule has 1 aliphatic carbocycles. The van der Waals surface area contributed by atoms with Gasteiger partial charge >= 0.3 is 0 Å². The predicted molar refractivity (Wildman–Crippen MR) is 242 cm³/mol. The molecule has 0 saturated heterocycles. The van der Waals surface area contributed by atoms with E-state index in [2.05, 4.69) is 174 Å². The van der Waals surface area contributed by atoms with Gasteiger partial charge in [-0.05, 0) is 96.3 Å². The minimum Gasteiger partial charge on any atom is -0.309 e. The number of fused-ring (bicyclic) bond motifs is 9. The summed E-state index contributed by atoms with van der Waals surface area (Å²) in [6.07, 6.45) is 6.77. The van der Waals surface area contributed by atoms with Crippen molar-refractivity contribution >= 4 is 80.8 Å². The second-order valence-corrected chi connectivity index (χ2v) is 16.9. The van der Waals surface area contributed by atoms with Gasteiger partial charge in [-0.3, -0.25) is 0 Å². The van der Waals surface area contributed by atoms with Gasteiger partial charge in [0.25, 0.3) is 0 Å². The molecule has 1 aliphatic rings. The summed E-state index contributed by atoms with van der Waals surface area (Å²) < 4.78 is 6.15. The van der Waals surface area contributed by atoms with Crippen LogP contribution in [0, 0.1) is 0 Å². The summed E-state index contributed by atoms with van der Waals surface area (Å²) in [6, 6.07) is 56.6. The Labute approximate surface area is 336 Å². The smallest absolute Gasteiger partial charge is 0.164 e. The van der Waals surface area contributed by atoms with Crippen molar-refractivity contribution in [2.75, 3.05) is 0 Å². The molecule has 4 heterocycles. The quantitative estimate of drug-likeness (QED) is 0.175. The highest BCUT2D eigenvalue weighted by Gasteiger charge is 2.20. The van der Waals surface area contributed by atoms with Gasteiger partial charge in [0.05, 0.1) is 11.0 Å². The average molecular weight is 765 g/mol. The van der Waals surface area contributed by atoms with Gasteiger partial charge in [0.2, 0.25) is 0 Å². The Bertz CT molecular complexity index is 3420. The number of hydrogen-bond donors (Lipinski definition) is 0. The van der Waals surface area contributed by atoms with Crippen LogP contribution in [0.2, 0.25) is 0 Å². The number of aryl methyl sites for hydroxylation is 1. The molecule has 0 bridgehead atoms. The minimum atomic E-state index is 0.656. The molecule has 0 fully saturated rings. The van der Waals surface area contributed by atoms with Crippen LogP contribution in [0.4, 0.5) is 0 Å². The van der Waals surface area contributed by atoms with E-state index in [1.807, 2.05) is 22.7 Å². The fourth-order valence-corrected chi connectivity index (χ4v) is 11.0. The molecule has 4 nitrogen and oxygen atoms in total. The molecule has 57 heavy (non-hydrogen) atoms. The van der Waals surface area contributed by atoms with Crippen LogP contribution in [0.5, 0.6) is 0 Å². The van der Waals surface area contributed by atoms with Gasteiger partial charge in [-0.15, -0.1) is 22.7 Å². The van der Waals surface area contributed by atoms with Gasteiger partial charge in [0, 0.05) is 68.3 Å². The molecule has 0 amide bonds. The molecule has 0 atom stereocenters. The maximum Gasteiger partial charge on any atom is 0.164 e. The lowest BCUT2D eigenvalue weighted by atomic mass is 10.0. The summed E-state index contributed by atoms with van der Waals surface area (Å²) >= 11 is 3.71. The summed E-state index contributed by atoms with van der Waals surface area (Å²) in [5, 5.41) is 6.01. The van der Waals surface area contributed by atoms with Crippen molar-refractivity contribution in [1.29, 1.82) is 0 Å². The van der Waals surface area contributed by atoms with Gasteiger partial charge in [-0.25, -0.2) is 15.0 Å². The molecule has 6 heteroatoms. The first-order valence-corrected chi connectivity index (χ1v) is 21.0. The van der Waals surface area contributed by atoms with Crippen LogP contribution in [-0.4, -0.2) is 19.5 Å².